The van der Waals surface area contributed by atoms with Crippen LogP contribution in [0.3, 0.4) is 0 Å². The molecule has 7 nitrogen and oxygen atoms in total. The van der Waals surface area contributed by atoms with Crippen LogP contribution < -0.4 is 9.80 Å². The number of rotatable bonds is 4. The van der Waals surface area contributed by atoms with E-state index in [1.165, 1.54) is 4.90 Å². The lowest BCUT2D eigenvalue weighted by atomic mass is 10.0. The number of pyridine rings is 1. The van der Waals surface area contributed by atoms with Crippen molar-refractivity contribution in [1.82, 2.24) is 9.88 Å². The third-order valence-corrected chi connectivity index (χ3v) is 7.24. The molecule has 0 bridgehead atoms. The predicted octanol–water partition coefficient (Wildman–Crippen LogP) is 2.92. The molecule has 0 saturated heterocycles. The Kier molecular flexibility index (Phi) is 5.11. The van der Waals surface area contributed by atoms with E-state index < -0.39 is 0 Å². The van der Waals surface area contributed by atoms with Crippen LogP contribution in [-0.4, -0.2) is 62.1 Å². The highest BCUT2D eigenvalue weighted by Crippen LogP contribution is 2.42. The normalized spacial score (nSPS) is 16.5. The van der Waals surface area contributed by atoms with Gasteiger partial charge in [0.05, 0.1) is 30.8 Å². The molecule has 2 aliphatic rings. The number of carbonyl (C=O) groups is 2. The first-order chi connectivity index (χ1) is 15.1. The predicted molar refractivity (Wildman–Crippen MR) is 122 cm³/mol. The first kappa shape index (κ1) is 20.0. The van der Waals surface area contributed by atoms with Crippen molar-refractivity contribution in [2.45, 2.75) is 13.0 Å². The molecule has 0 saturated carbocycles. The maximum absolute atomic E-state index is 13.2. The van der Waals surface area contributed by atoms with Gasteiger partial charge in [0.15, 0.2) is 0 Å². The Balaban J connectivity index is 1.55. The number of ether oxygens (including phenoxy) is 1. The van der Waals surface area contributed by atoms with E-state index in [9.17, 15) is 9.59 Å². The number of fused-ring (bicyclic) bond motifs is 4. The van der Waals surface area contributed by atoms with E-state index in [2.05, 4.69) is 22.0 Å². The minimum Gasteiger partial charge on any atom is -0.383 e. The van der Waals surface area contributed by atoms with Crippen molar-refractivity contribution < 1.29 is 14.3 Å². The van der Waals surface area contributed by atoms with Gasteiger partial charge >= 0.3 is 0 Å². The van der Waals surface area contributed by atoms with Gasteiger partial charge in [-0.1, -0.05) is 18.2 Å². The maximum atomic E-state index is 13.2. The van der Waals surface area contributed by atoms with E-state index in [0.29, 0.717) is 25.3 Å². The number of benzene rings is 1. The number of nitrogens with zero attached hydrogens (tertiary/aromatic N) is 4. The largest absolute Gasteiger partial charge is 0.383 e. The number of thiophene rings is 1. The first-order valence-electron chi connectivity index (χ1n) is 10.4. The van der Waals surface area contributed by atoms with Crippen LogP contribution in [0.2, 0.25) is 0 Å². The van der Waals surface area contributed by atoms with Gasteiger partial charge in [0, 0.05) is 42.8 Å². The number of likely N-dealkylation sites (N-methyl/N-ethyl adjacent to an activating group) is 1. The zero-order valence-electron chi connectivity index (χ0n) is 17.6. The van der Waals surface area contributed by atoms with E-state index in [4.69, 9.17) is 4.74 Å². The fourth-order valence-corrected chi connectivity index (χ4v) is 5.83. The summed E-state index contributed by atoms with van der Waals surface area (Å²) in [7, 11) is 3.32. The van der Waals surface area contributed by atoms with Gasteiger partial charge in [-0.3, -0.25) is 19.5 Å². The fraction of sp³-hybridized carbons (Fsp3) is 0.348. The van der Waals surface area contributed by atoms with Gasteiger partial charge in [-0.25, -0.2) is 0 Å². The number of anilines is 2. The molecule has 0 radical (unpaired) electrons. The van der Waals surface area contributed by atoms with Crippen molar-refractivity contribution in [3.05, 3.63) is 52.5 Å². The summed E-state index contributed by atoms with van der Waals surface area (Å²) in [5.41, 5.74) is 3.91. The summed E-state index contributed by atoms with van der Waals surface area (Å²) in [5, 5.41) is 1.89. The zero-order chi connectivity index (χ0) is 21.5. The Morgan fingerprint density at radius 1 is 1.16 bits per heavy atom. The molecule has 8 heteroatoms. The summed E-state index contributed by atoms with van der Waals surface area (Å²) in [6, 6.07) is 10.2. The molecule has 2 aromatic heterocycles. The summed E-state index contributed by atoms with van der Waals surface area (Å²) in [6.45, 7) is 2.49. The average molecular weight is 437 g/mol. The lowest BCUT2D eigenvalue weighted by Gasteiger charge is -2.30. The lowest BCUT2D eigenvalue weighted by Crippen LogP contribution is -2.39. The van der Waals surface area contributed by atoms with Crippen LogP contribution in [0.25, 0.3) is 10.9 Å². The Hall–Kier alpha value is -2.97. The smallest absolute Gasteiger partial charge is 0.257 e. The zero-order valence-corrected chi connectivity index (χ0v) is 18.4. The molecule has 4 heterocycles. The second-order valence-corrected chi connectivity index (χ2v) is 8.99. The topological polar surface area (TPSA) is 66.0 Å². The molecule has 0 fully saturated rings. The number of methoxy groups -OCH3 is 1. The molecule has 2 aliphatic heterocycles. The molecule has 5 rings (SSSR count). The third kappa shape index (κ3) is 3.36. The molecule has 31 heavy (non-hydrogen) atoms. The molecule has 160 valence electrons. The van der Waals surface area contributed by atoms with Crippen LogP contribution in [0.15, 0.2) is 36.5 Å². The lowest BCUT2D eigenvalue weighted by molar-refractivity contribution is -0.119. The molecule has 2 amide bonds. The molecule has 3 aromatic rings. The fourth-order valence-electron chi connectivity index (χ4n) is 4.43. The van der Waals surface area contributed by atoms with Crippen LogP contribution in [0.4, 0.5) is 10.7 Å². The Morgan fingerprint density at radius 2 is 2.00 bits per heavy atom. The van der Waals surface area contributed by atoms with E-state index in [1.807, 2.05) is 24.4 Å². The number of aromatic nitrogens is 1. The molecule has 0 N–H and O–H groups in total. The Morgan fingerprint density at radius 3 is 2.84 bits per heavy atom. The van der Waals surface area contributed by atoms with Gasteiger partial charge in [-0.2, -0.15) is 0 Å². The van der Waals surface area contributed by atoms with Crippen LogP contribution in [0, 0.1) is 0 Å². The molecule has 0 unspecified atom stereocenters. The summed E-state index contributed by atoms with van der Waals surface area (Å²) >= 11 is 1.57. The van der Waals surface area contributed by atoms with Gasteiger partial charge in [0.2, 0.25) is 5.91 Å². The second kappa shape index (κ2) is 7.94. The molecule has 1 aromatic carbocycles. The van der Waals surface area contributed by atoms with Crippen LogP contribution in [0.1, 0.15) is 20.8 Å². The Bertz CT molecular complexity index is 1170. The van der Waals surface area contributed by atoms with Gasteiger partial charge in [0.1, 0.15) is 11.5 Å². The highest BCUT2D eigenvalue weighted by atomic mass is 32.1. The Labute approximate surface area is 184 Å². The second-order valence-electron chi connectivity index (χ2n) is 7.90. The van der Waals surface area contributed by atoms with E-state index in [-0.39, 0.29) is 18.4 Å². The number of para-hydroxylation sites is 1. The van der Waals surface area contributed by atoms with E-state index >= 15 is 0 Å². The summed E-state index contributed by atoms with van der Waals surface area (Å²) in [4.78, 5) is 37.2. The first-order valence-corrected chi connectivity index (χ1v) is 11.2. The minimum atomic E-state index is -0.0674. The van der Waals surface area contributed by atoms with E-state index in [1.54, 1.807) is 30.4 Å². The monoisotopic (exact) mass is 436 g/mol. The number of hydrogen-bond acceptors (Lipinski definition) is 6. The van der Waals surface area contributed by atoms with Crippen molar-refractivity contribution in [2.24, 2.45) is 0 Å². The maximum Gasteiger partial charge on any atom is 0.257 e. The molecule has 0 spiro atoms. The summed E-state index contributed by atoms with van der Waals surface area (Å²) < 4.78 is 5.22. The van der Waals surface area contributed by atoms with Gasteiger partial charge < -0.3 is 14.5 Å². The number of carbonyl (C=O) groups excluding carboxylic acids is 2. The summed E-state index contributed by atoms with van der Waals surface area (Å²) in [6.07, 6.45) is 2.62. The van der Waals surface area contributed by atoms with Crippen molar-refractivity contribution in [2.75, 3.05) is 50.2 Å². The number of hydrogen-bond donors (Lipinski definition) is 0. The van der Waals surface area contributed by atoms with Crippen molar-refractivity contribution >= 4 is 44.7 Å². The minimum absolute atomic E-state index is 0.0661. The highest BCUT2D eigenvalue weighted by molar-refractivity contribution is 7.17. The third-order valence-electron chi connectivity index (χ3n) is 6.00. The standard InChI is InChI=1S/C23H24N4O3S/c1-25-14-20(28)27(11-12-30-2)23-21(22(25)29)16-8-10-26(13-19(16)31-23)18-7-9-24-17-6-4-3-5-15(17)18/h3-7,9H,8,10-14H2,1-2H3. The SMILES string of the molecule is COCCN1C(=O)CN(C)C(=O)c2c1sc1c2CCN(c2ccnc3ccccc23)C1. The number of amides is 2. The van der Waals surface area contributed by atoms with E-state index in [0.717, 1.165) is 45.0 Å². The average Bonchev–Trinajstić information content (AvgIpc) is 3.12. The molecule has 0 aliphatic carbocycles. The van der Waals surface area contributed by atoms with Gasteiger partial charge in [-0.15, -0.1) is 11.3 Å². The van der Waals surface area contributed by atoms with Crippen LogP contribution >= 0.6 is 11.3 Å². The van der Waals surface area contributed by atoms with Gasteiger partial charge in [0.25, 0.3) is 5.91 Å². The van der Waals surface area contributed by atoms with Crippen molar-refractivity contribution in [3.8, 4) is 0 Å². The van der Waals surface area contributed by atoms with Gasteiger partial charge in [-0.05, 0) is 24.1 Å². The van der Waals surface area contributed by atoms with Crippen LogP contribution in [-0.2, 0) is 22.5 Å². The van der Waals surface area contributed by atoms with Crippen molar-refractivity contribution in [1.29, 1.82) is 0 Å². The summed E-state index contributed by atoms with van der Waals surface area (Å²) in [5.74, 6) is -0.134. The molecule has 0 atom stereocenters. The quantitative estimate of drug-likeness (QED) is 0.629. The molecular weight excluding hydrogens is 412 g/mol. The molecular formula is C23H24N4O3S. The highest BCUT2D eigenvalue weighted by Gasteiger charge is 2.36. The van der Waals surface area contributed by atoms with Crippen LogP contribution in [0.5, 0.6) is 0 Å². The van der Waals surface area contributed by atoms with Crippen molar-refractivity contribution in [3.63, 3.8) is 0 Å².